The van der Waals surface area contributed by atoms with Gasteiger partial charge in [0.05, 0.1) is 6.61 Å². The Kier molecular flexibility index (Phi) is 4.97. The number of halogens is 1. The normalized spacial score (nSPS) is 17.2. The van der Waals surface area contributed by atoms with E-state index in [4.69, 9.17) is 4.74 Å². The summed E-state index contributed by atoms with van der Waals surface area (Å²) in [6.07, 6.45) is 3.35. The molecule has 1 aliphatic rings. The molecule has 0 saturated heterocycles. The molecule has 1 aromatic carbocycles. The van der Waals surface area contributed by atoms with Crippen LogP contribution < -0.4 is 15.8 Å². The zero-order valence-corrected chi connectivity index (χ0v) is 17.5. The van der Waals surface area contributed by atoms with Crippen LogP contribution in [-0.2, 0) is 5.54 Å². The molecule has 9 nitrogen and oxygen atoms in total. The number of ether oxygens (including phenoxy) is 1. The third-order valence-electron chi connectivity index (χ3n) is 5.61. The lowest BCUT2D eigenvalue weighted by atomic mass is 9.81. The van der Waals surface area contributed by atoms with E-state index in [1.54, 1.807) is 43.5 Å². The van der Waals surface area contributed by atoms with Crippen molar-refractivity contribution in [3.8, 4) is 17.1 Å². The van der Waals surface area contributed by atoms with Crippen LogP contribution in [0.4, 0.5) is 4.39 Å². The van der Waals surface area contributed by atoms with Crippen LogP contribution in [0.25, 0.3) is 11.4 Å². The maximum absolute atomic E-state index is 14.5. The van der Waals surface area contributed by atoms with Crippen LogP contribution in [0.15, 0.2) is 64.2 Å². The number of rotatable bonds is 4. The van der Waals surface area contributed by atoms with Crippen molar-refractivity contribution in [2.45, 2.75) is 18.9 Å². The van der Waals surface area contributed by atoms with Crippen molar-refractivity contribution >= 4 is 5.91 Å². The summed E-state index contributed by atoms with van der Waals surface area (Å²) in [4.78, 5) is 35.5. The fourth-order valence-electron chi connectivity index (χ4n) is 3.87. The van der Waals surface area contributed by atoms with Gasteiger partial charge < -0.3 is 10.1 Å². The number of carbonyl (C=O) groups is 1. The molecular formula is C23H18FN5O4. The smallest absolute Gasteiger partial charge is 0.439 e. The molecule has 0 spiro atoms. The molecule has 0 aliphatic carbocycles. The van der Waals surface area contributed by atoms with E-state index >= 15 is 0 Å². The second-order valence-corrected chi connectivity index (χ2v) is 7.65. The van der Waals surface area contributed by atoms with Gasteiger partial charge in [0.25, 0.3) is 5.91 Å². The second kappa shape index (κ2) is 7.97. The van der Waals surface area contributed by atoms with E-state index in [1.807, 2.05) is 0 Å². The SMILES string of the molecule is Cc1ccc([C@@]2(NC(=O)c3ccc(-c4noc(=O)[nH]4)cn3)CCOc3cccnc32)cc1F. The summed E-state index contributed by atoms with van der Waals surface area (Å²) in [5.41, 5.74) is 1.03. The van der Waals surface area contributed by atoms with Crippen molar-refractivity contribution < 1.29 is 18.4 Å². The maximum atomic E-state index is 14.5. The van der Waals surface area contributed by atoms with E-state index in [-0.39, 0.29) is 17.3 Å². The van der Waals surface area contributed by atoms with Gasteiger partial charge in [-0.15, -0.1) is 0 Å². The largest absolute Gasteiger partial charge is 0.491 e. The highest BCUT2D eigenvalue weighted by Gasteiger charge is 2.43. The monoisotopic (exact) mass is 447 g/mol. The lowest BCUT2D eigenvalue weighted by molar-refractivity contribution is 0.0878. The van der Waals surface area contributed by atoms with Crippen LogP contribution >= 0.6 is 0 Å². The number of nitrogens with zero attached hydrogens (tertiary/aromatic N) is 3. The number of fused-ring (bicyclic) bond motifs is 1. The fraction of sp³-hybridized carbons (Fsp3) is 0.174. The number of benzene rings is 1. The minimum absolute atomic E-state index is 0.125. The highest BCUT2D eigenvalue weighted by Crippen LogP contribution is 2.41. The zero-order chi connectivity index (χ0) is 23.0. The molecule has 0 saturated carbocycles. The zero-order valence-electron chi connectivity index (χ0n) is 17.5. The van der Waals surface area contributed by atoms with Gasteiger partial charge in [0.15, 0.2) is 5.82 Å². The fourth-order valence-corrected chi connectivity index (χ4v) is 3.87. The number of aromatic nitrogens is 4. The molecule has 0 radical (unpaired) electrons. The van der Waals surface area contributed by atoms with E-state index in [0.29, 0.717) is 41.2 Å². The Morgan fingerprint density at radius 3 is 2.82 bits per heavy atom. The summed E-state index contributed by atoms with van der Waals surface area (Å²) < 4.78 is 24.8. The Bertz CT molecular complexity index is 1400. The third kappa shape index (κ3) is 3.65. The molecule has 1 aliphatic heterocycles. The Morgan fingerprint density at radius 2 is 2.09 bits per heavy atom. The standard InChI is InChI=1S/C23H18FN5O4/c1-13-4-6-15(11-16(13)24)23(8-10-32-18-3-2-9-25-19(18)23)28-21(30)17-7-5-14(12-26-17)20-27-22(31)33-29-20/h2-7,9,11-12H,8,10H2,1H3,(H,28,30)(H,27,29,31)/t23-/m0/s1. The van der Waals surface area contributed by atoms with Crippen molar-refractivity contribution in [1.82, 2.24) is 25.4 Å². The molecule has 0 bridgehead atoms. The first-order valence-electron chi connectivity index (χ1n) is 10.2. The van der Waals surface area contributed by atoms with Gasteiger partial charge in [-0.05, 0) is 48.4 Å². The molecule has 10 heteroatoms. The van der Waals surface area contributed by atoms with Crippen molar-refractivity contribution in [1.29, 1.82) is 0 Å². The van der Waals surface area contributed by atoms with Crippen molar-refractivity contribution in [2.24, 2.45) is 0 Å². The summed E-state index contributed by atoms with van der Waals surface area (Å²) in [7, 11) is 0. The van der Waals surface area contributed by atoms with E-state index < -0.39 is 17.2 Å². The maximum Gasteiger partial charge on any atom is 0.439 e. The number of aromatic amines is 1. The molecule has 1 atom stereocenters. The predicted octanol–water partition coefficient (Wildman–Crippen LogP) is 2.72. The molecule has 5 rings (SSSR count). The molecule has 1 amide bonds. The molecule has 0 fully saturated rings. The van der Waals surface area contributed by atoms with E-state index in [9.17, 15) is 14.0 Å². The van der Waals surface area contributed by atoms with E-state index in [0.717, 1.165) is 0 Å². The molecular weight excluding hydrogens is 429 g/mol. The summed E-state index contributed by atoms with van der Waals surface area (Å²) in [5.74, 6) is -0.828. The minimum Gasteiger partial charge on any atom is -0.491 e. The van der Waals surface area contributed by atoms with Crippen molar-refractivity contribution in [3.63, 3.8) is 0 Å². The lowest BCUT2D eigenvalue weighted by Gasteiger charge is -2.39. The summed E-state index contributed by atoms with van der Waals surface area (Å²) in [6.45, 7) is 1.98. The summed E-state index contributed by atoms with van der Waals surface area (Å²) >= 11 is 0. The summed E-state index contributed by atoms with van der Waals surface area (Å²) in [5, 5.41) is 6.63. The average Bonchev–Trinajstić information content (AvgIpc) is 3.27. The van der Waals surface area contributed by atoms with Crippen LogP contribution in [0.2, 0.25) is 0 Å². The summed E-state index contributed by atoms with van der Waals surface area (Å²) in [6, 6.07) is 11.4. The topological polar surface area (TPSA) is 123 Å². The molecule has 166 valence electrons. The first-order chi connectivity index (χ1) is 16.0. The number of aryl methyl sites for hydroxylation is 1. The number of pyridine rings is 2. The Balaban J connectivity index is 1.54. The molecule has 3 aromatic heterocycles. The van der Waals surface area contributed by atoms with Crippen LogP contribution in [0, 0.1) is 12.7 Å². The average molecular weight is 447 g/mol. The number of hydrogen-bond donors (Lipinski definition) is 2. The minimum atomic E-state index is -1.11. The Labute approximate surface area is 186 Å². The Morgan fingerprint density at radius 1 is 1.21 bits per heavy atom. The first-order valence-corrected chi connectivity index (χ1v) is 10.2. The third-order valence-corrected chi connectivity index (χ3v) is 5.61. The van der Waals surface area contributed by atoms with Gasteiger partial charge in [-0.2, -0.15) is 0 Å². The van der Waals surface area contributed by atoms with Gasteiger partial charge in [0, 0.05) is 24.4 Å². The molecule has 0 unspecified atom stereocenters. The van der Waals surface area contributed by atoms with Gasteiger partial charge >= 0.3 is 5.76 Å². The number of H-pyrrole nitrogens is 1. The quantitative estimate of drug-likeness (QED) is 0.493. The van der Waals surface area contributed by atoms with Crippen LogP contribution in [0.3, 0.4) is 0 Å². The van der Waals surface area contributed by atoms with Crippen molar-refractivity contribution in [3.05, 3.63) is 93.7 Å². The highest BCUT2D eigenvalue weighted by atomic mass is 19.1. The predicted molar refractivity (Wildman–Crippen MR) is 114 cm³/mol. The van der Waals surface area contributed by atoms with Gasteiger partial charge in [0.1, 0.15) is 28.5 Å². The van der Waals surface area contributed by atoms with E-state index in [2.05, 4.69) is 29.9 Å². The van der Waals surface area contributed by atoms with Crippen LogP contribution in [-0.4, -0.2) is 32.6 Å². The van der Waals surface area contributed by atoms with Crippen LogP contribution in [0.5, 0.6) is 5.75 Å². The second-order valence-electron chi connectivity index (χ2n) is 7.65. The van der Waals surface area contributed by atoms with Gasteiger partial charge in [-0.3, -0.25) is 24.3 Å². The Hall–Kier alpha value is -4.34. The number of carbonyl (C=O) groups excluding carboxylic acids is 1. The highest BCUT2D eigenvalue weighted by molar-refractivity contribution is 5.93. The molecule has 4 aromatic rings. The number of nitrogens with one attached hydrogen (secondary N) is 2. The van der Waals surface area contributed by atoms with E-state index in [1.165, 1.54) is 18.3 Å². The van der Waals surface area contributed by atoms with Crippen molar-refractivity contribution in [2.75, 3.05) is 6.61 Å². The number of amides is 1. The number of hydrogen-bond acceptors (Lipinski definition) is 7. The molecule has 33 heavy (non-hydrogen) atoms. The van der Waals surface area contributed by atoms with Crippen LogP contribution in [0.1, 0.15) is 33.7 Å². The molecule has 4 heterocycles. The molecule has 2 N–H and O–H groups in total. The first kappa shape index (κ1) is 20.6. The lowest BCUT2D eigenvalue weighted by Crippen LogP contribution is -2.50. The van der Waals surface area contributed by atoms with Gasteiger partial charge in [-0.1, -0.05) is 17.3 Å². The van der Waals surface area contributed by atoms with Gasteiger partial charge in [0.2, 0.25) is 0 Å². The van der Waals surface area contributed by atoms with Gasteiger partial charge in [-0.25, -0.2) is 9.18 Å².